The SMILES string of the molecule is CN1C(=O)C2(Cc3cc([N+](=O)[O-])ccc3N(C)C2)C(=O)NC1=S. The lowest BCUT2D eigenvalue weighted by Crippen LogP contribution is -2.67. The number of benzene rings is 1. The Morgan fingerprint density at radius 1 is 1.35 bits per heavy atom. The van der Waals surface area contributed by atoms with Crippen molar-refractivity contribution in [3.8, 4) is 0 Å². The van der Waals surface area contributed by atoms with Crippen molar-refractivity contribution in [3.05, 3.63) is 33.9 Å². The molecule has 120 valence electrons. The van der Waals surface area contributed by atoms with Crippen molar-refractivity contribution in [3.63, 3.8) is 0 Å². The first-order valence-corrected chi connectivity index (χ1v) is 7.29. The first-order chi connectivity index (χ1) is 10.8. The minimum Gasteiger partial charge on any atom is -0.373 e. The largest absolute Gasteiger partial charge is 0.373 e. The topological polar surface area (TPSA) is 95.8 Å². The van der Waals surface area contributed by atoms with Crippen LogP contribution in [-0.2, 0) is 16.0 Å². The number of non-ortho nitro benzene ring substituents is 1. The van der Waals surface area contributed by atoms with Crippen LogP contribution in [0.3, 0.4) is 0 Å². The maximum absolute atomic E-state index is 12.7. The first-order valence-electron chi connectivity index (χ1n) is 6.88. The van der Waals surface area contributed by atoms with Crippen molar-refractivity contribution in [2.75, 3.05) is 25.5 Å². The van der Waals surface area contributed by atoms with E-state index >= 15 is 0 Å². The maximum Gasteiger partial charge on any atom is 0.269 e. The molecule has 2 amide bonds. The molecule has 1 aromatic carbocycles. The van der Waals surface area contributed by atoms with Crippen molar-refractivity contribution in [2.24, 2.45) is 5.41 Å². The molecule has 1 N–H and O–H groups in total. The molecule has 1 spiro atoms. The van der Waals surface area contributed by atoms with Gasteiger partial charge < -0.3 is 10.2 Å². The second-order valence-electron chi connectivity index (χ2n) is 5.81. The quantitative estimate of drug-likeness (QED) is 0.347. The number of hydrogen-bond donors (Lipinski definition) is 1. The predicted octanol–water partition coefficient (Wildman–Crippen LogP) is 0.447. The van der Waals surface area contributed by atoms with Crippen LogP contribution in [0, 0.1) is 15.5 Å². The van der Waals surface area contributed by atoms with E-state index in [2.05, 4.69) is 5.32 Å². The summed E-state index contributed by atoms with van der Waals surface area (Å²) in [5, 5.41) is 13.6. The van der Waals surface area contributed by atoms with Crippen LogP contribution in [0.15, 0.2) is 18.2 Å². The molecule has 1 unspecified atom stereocenters. The van der Waals surface area contributed by atoms with Gasteiger partial charge in [0.15, 0.2) is 5.11 Å². The number of nitrogens with zero attached hydrogens (tertiary/aromatic N) is 3. The molecule has 23 heavy (non-hydrogen) atoms. The average Bonchev–Trinajstić information content (AvgIpc) is 2.51. The minimum atomic E-state index is -1.33. The molecule has 2 aliphatic rings. The number of thiocarbonyl (C=S) groups is 1. The highest BCUT2D eigenvalue weighted by atomic mass is 32.1. The van der Waals surface area contributed by atoms with Gasteiger partial charge >= 0.3 is 0 Å². The highest BCUT2D eigenvalue weighted by Gasteiger charge is 2.54. The third kappa shape index (κ3) is 2.15. The average molecular weight is 334 g/mol. The van der Waals surface area contributed by atoms with Gasteiger partial charge in [0.2, 0.25) is 11.8 Å². The van der Waals surface area contributed by atoms with Crippen molar-refractivity contribution in [2.45, 2.75) is 6.42 Å². The first kappa shape index (κ1) is 15.3. The van der Waals surface area contributed by atoms with Gasteiger partial charge in [0.1, 0.15) is 5.41 Å². The van der Waals surface area contributed by atoms with Gasteiger partial charge in [0, 0.05) is 38.5 Å². The molecule has 1 saturated heterocycles. The van der Waals surface area contributed by atoms with E-state index in [1.807, 2.05) is 0 Å². The van der Waals surface area contributed by atoms with E-state index in [9.17, 15) is 19.7 Å². The maximum atomic E-state index is 12.7. The van der Waals surface area contributed by atoms with Crippen LogP contribution in [-0.4, -0.2) is 47.4 Å². The van der Waals surface area contributed by atoms with Crippen molar-refractivity contribution in [1.29, 1.82) is 0 Å². The Morgan fingerprint density at radius 2 is 2.04 bits per heavy atom. The molecule has 9 heteroatoms. The molecule has 0 saturated carbocycles. The lowest BCUT2D eigenvalue weighted by atomic mass is 9.74. The molecule has 0 aromatic heterocycles. The fraction of sp³-hybridized carbons (Fsp3) is 0.357. The number of nitrogens with one attached hydrogen (secondary N) is 1. The zero-order valence-corrected chi connectivity index (χ0v) is 13.3. The number of amides is 2. The zero-order valence-electron chi connectivity index (χ0n) is 12.5. The third-order valence-corrected chi connectivity index (χ3v) is 4.73. The summed E-state index contributed by atoms with van der Waals surface area (Å²) in [4.78, 5) is 38.7. The van der Waals surface area contributed by atoms with Crippen molar-refractivity contribution >= 4 is 40.5 Å². The minimum absolute atomic E-state index is 0.0677. The molecule has 0 bridgehead atoms. The van der Waals surface area contributed by atoms with Crippen LogP contribution in [0.4, 0.5) is 11.4 Å². The van der Waals surface area contributed by atoms with Gasteiger partial charge in [-0.3, -0.25) is 24.6 Å². The highest BCUT2D eigenvalue weighted by Crippen LogP contribution is 2.40. The summed E-state index contributed by atoms with van der Waals surface area (Å²) >= 11 is 4.97. The number of carbonyl (C=O) groups is 2. The zero-order chi connectivity index (χ0) is 16.9. The Balaban J connectivity index is 2.09. The Bertz CT molecular complexity index is 765. The summed E-state index contributed by atoms with van der Waals surface area (Å²) in [7, 11) is 3.26. The van der Waals surface area contributed by atoms with Crippen LogP contribution in [0.5, 0.6) is 0 Å². The number of nitro groups is 1. The van der Waals surface area contributed by atoms with E-state index in [1.165, 1.54) is 24.1 Å². The molecule has 1 fully saturated rings. The van der Waals surface area contributed by atoms with Crippen molar-refractivity contribution < 1.29 is 14.5 Å². The molecule has 3 rings (SSSR count). The van der Waals surface area contributed by atoms with Gasteiger partial charge in [0.05, 0.1) is 4.92 Å². The summed E-state index contributed by atoms with van der Waals surface area (Å²) in [5.74, 6) is -0.857. The number of hydrogen-bond acceptors (Lipinski definition) is 6. The second-order valence-corrected chi connectivity index (χ2v) is 6.20. The normalized spacial score (nSPS) is 23.8. The smallest absolute Gasteiger partial charge is 0.269 e. The number of rotatable bonds is 1. The monoisotopic (exact) mass is 334 g/mol. The van der Waals surface area contributed by atoms with Gasteiger partial charge in [-0.15, -0.1) is 0 Å². The predicted molar refractivity (Wildman–Crippen MR) is 86.0 cm³/mol. The Hall–Kier alpha value is -2.55. The fourth-order valence-corrected chi connectivity index (χ4v) is 3.35. The van der Waals surface area contributed by atoms with Crippen LogP contribution in [0.25, 0.3) is 0 Å². The van der Waals surface area contributed by atoms with Crippen LogP contribution < -0.4 is 10.2 Å². The molecule has 1 atom stereocenters. The van der Waals surface area contributed by atoms with E-state index in [1.54, 1.807) is 18.0 Å². The summed E-state index contributed by atoms with van der Waals surface area (Å²) in [6, 6.07) is 4.47. The number of fused-ring (bicyclic) bond motifs is 1. The number of anilines is 1. The Kier molecular flexibility index (Phi) is 3.33. The van der Waals surface area contributed by atoms with Crippen LogP contribution in [0.2, 0.25) is 0 Å². The van der Waals surface area contributed by atoms with Gasteiger partial charge in [-0.25, -0.2) is 0 Å². The summed E-state index contributed by atoms with van der Waals surface area (Å²) in [6.07, 6.45) is 0.103. The van der Waals surface area contributed by atoms with E-state index in [4.69, 9.17) is 12.2 Å². The van der Waals surface area contributed by atoms with E-state index < -0.39 is 22.2 Å². The van der Waals surface area contributed by atoms with Gasteiger partial charge in [-0.05, 0) is 30.3 Å². The molecular formula is C14H14N4O4S. The molecule has 2 heterocycles. The molecule has 1 aromatic rings. The molecule has 0 radical (unpaired) electrons. The molecular weight excluding hydrogens is 320 g/mol. The molecule has 2 aliphatic heterocycles. The summed E-state index contributed by atoms with van der Waals surface area (Å²) < 4.78 is 0. The lowest BCUT2D eigenvalue weighted by Gasteiger charge is -2.45. The number of nitro benzene ring substituents is 1. The van der Waals surface area contributed by atoms with Gasteiger partial charge in [-0.2, -0.15) is 0 Å². The second kappa shape index (κ2) is 4.98. The van der Waals surface area contributed by atoms with Crippen LogP contribution >= 0.6 is 12.2 Å². The van der Waals surface area contributed by atoms with Crippen LogP contribution in [0.1, 0.15) is 5.56 Å². The van der Waals surface area contributed by atoms with E-state index in [0.29, 0.717) is 5.56 Å². The van der Waals surface area contributed by atoms with E-state index in [-0.39, 0.29) is 23.8 Å². The molecule has 0 aliphatic carbocycles. The van der Waals surface area contributed by atoms with Gasteiger partial charge in [-0.1, -0.05) is 0 Å². The van der Waals surface area contributed by atoms with E-state index in [0.717, 1.165) is 5.69 Å². The molecule has 8 nitrogen and oxygen atoms in total. The summed E-state index contributed by atoms with van der Waals surface area (Å²) in [6.45, 7) is 0.190. The standard InChI is InChI=1S/C14H14N4O4S/c1-16-7-14(11(19)15-13(23)17(2)12(14)20)6-8-5-9(18(21)22)3-4-10(8)16/h3-5H,6-7H2,1-2H3,(H,15,19,23). The highest BCUT2D eigenvalue weighted by molar-refractivity contribution is 7.80. The lowest BCUT2D eigenvalue weighted by molar-refractivity contribution is -0.384. The Labute approximate surface area is 137 Å². The summed E-state index contributed by atoms with van der Waals surface area (Å²) in [5.41, 5.74) is -0.0226. The fourth-order valence-electron chi connectivity index (χ4n) is 3.18. The van der Waals surface area contributed by atoms with Gasteiger partial charge in [0.25, 0.3) is 5.69 Å². The third-order valence-electron chi connectivity index (χ3n) is 4.36. The van der Waals surface area contributed by atoms with Crippen molar-refractivity contribution in [1.82, 2.24) is 10.2 Å². The Morgan fingerprint density at radius 3 is 2.70 bits per heavy atom. The number of carbonyl (C=O) groups excluding carboxylic acids is 2.